The van der Waals surface area contributed by atoms with E-state index in [1.165, 1.54) is 22.3 Å². The molecule has 1 atom stereocenters. The molecule has 0 radical (unpaired) electrons. The average Bonchev–Trinajstić information content (AvgIpc) is 3.03. The monoisotopic (exact) mass is 307 g/mol. The van der Waals surface area contributed by atoms with Gasteiger partial charge in [-0.25, -0.2) is 18.4 Å². The van der Waals surface area contributed by atoms with E-state index in [0.717, 1.165) is 28.9 Å². The fraction of sp³-hybridized carbons (Fsp3) is 0.385. The number of aromatic nitrogens is 2. The van der Waals surface area contributed by atoms with E-state index < -0.39 is 9.84 Å². The molecule has 3 heterocycles. The highest BCUT2D eigenvalue weighted by Crippen LogP contribution is 2.39. The van der Waals surface area contributed by atoms with Gasteiger partial charge >= 0.3 is 0 Å². The molecular weight excluding hydrogens is 294 g/mol. The van der Waals surface area contributed by atoms with Crippen molar-refractivity contribution in [1.29, 1.82) is 0 Å². The van der Waals surface area contributed by atoms with Gasteiger partial charge in [0.1, 0.15) is 17.0 Å². The number of hydrogen-bond donors (Lipinski definition) is 1. The number of sulfone groups is 1. The van der Waals surface area contributed by atoms with Crippen LogP contribution in [-0.2, 0) is 22.7 Å². The molecule has 1 aliphatic carbocycles. The Morgan fingerprint density at radius 2 is 2.20 bits per heavy atom. The Balaban J connectivity index is 1.75. The summed E-state index contributed by atoms with van der Waals surface area (Å²) in [6.45, 7) is 0. The van der Waals surface area contributed by atoms with Gasteiger partial charge < -0.3 is 5.32 Å². The van der Waals surface area contributed by atoms with Gasteiger partial charge in [-0.05, 0) is 30.9 Å². The zero-order valence-corrected chi connectivity index (χ0v) is 12.3. The van der Waals surface area contributed by atoms with Gasteiger partial charge in [0.25, 0.3) is 0 Å². The van der Waals surface area contributed by atoms with E-state index in [0.29, 0.717) is 0 Å². The summed E-state index contributed by atoms with van der Waals surface area (Å²) in [7, 11) is -3.05. The lowest BCUT2D eigenvalue weighted by Crippen LogP contribution is -2.21. The Morgan fingerprint density at radius 3 is 3.00 bits per heavy atom. The fourth-order valence-electron chi connectivity index (χ4n) is 2.88. The van der Waals surface area contributed by atoms with Crippen LogP contribution < -0.4 is 5.32 Å². The molecule has 1 N–H and O–H groups in total. The number of thiophene rings is 1. The Morgan fingerprint density at radius 1 is 1.30 bits per heavy atom. The van der Waals surface area contributed by atoms with Crippen LogP contribution in [0.5, 0.6) is 0 Å². The van der Waals surface area contributed by atoms with Crippen LogP contribution in [0, 0.1) is 0 Å². The van der Waals surface area contributed by atoms with E-state index in [-0.39, 0.29) is 11.8 Å². The minimum atomic E-state index is -3.05. The molecule has 4 rings (SSSR count). The molecule has 0 saturated carbocycles. The summed E-state index contributed by atoms with van der Waals surface area (Å²) in [5, 5.41) is 5.61. The lowest BCUT2D eigenvalue weighted by atomic mass is 10.2. The first-order chi connectivity index (χ1) is 9.62. The van der Waals surface area contributed by atoms with Crippen LogP contribution in [0.1, 0.15) is 16.9 Å². The molecule has 2 aromatic rings. The number of hydrogen-bond acceptors (Lipinski definition) is 6. The summed E-state index contributed by atoms with van der Waals surface area (Å²) in [5.74, 6) is 0.867. The van der Waals surface area contributed by atoms with Gasteiger partial charge in [-0.1, -0.05) is 0 Å². The normalized spacial score (nSPS) is 23.3. The molecule has 0 spiro atoms. The summed E-state index contributed by atoms with van der Waals surface area (Å²) < 4.78 is 22.9. The molecule has 2 aromatic heterocycles. The maximum absolute atomic E-state index is 11.5. The minimum Gasteiger partial charge on any atom is -0.362 e. The fourth-order valence-corrected chi connectivity index (χ4v) is 5.34. The predicted molar refractivity (Wildman–Crippen MR) is 79.8 cm³/mol. The third kappa shape index (κ3) is 1.92. The van der Waals surface area contributed by atoms with Crippen molar-refractivity contribution in [3.63, 3.8) is 0 Å². The molecular formula is C13H13N3O2S2. The summed E-state index contributed by atoms with van der Waals surface area (Å²) in [6.07, 6.45) is 6.60. The van der Waals surface area contributed by atoms with Gasteiger partial charge in [0.15, 0.2) is 9.84 Å². The van der Waals surface area contributed by atoms with Crippen LogP contribution in [-0.4, -0.2) is 30.2 Å². The lowest BCUT2D eigenvalue weighted by molar-refractivity contribution is 0.605. The smallest absolute Gasteiger partial charge is 0.173 e. The van der Waals surface area contributed by atoms with E-state index in [1.807, 2.05) is 0 Å². The van der Waals surface area contributed by atoms with Crippen LogP contribution in [0.25, 0.3) is 10.2 Å². The van der Waals surface area contributed by atoms with Crippen molar-refractivity contribution in [2.24, 2.45) is 0 Å². The van der Waals surface area contributed by atoms with Crippen molar-refractivity contribution in [2.75, 3.05) is 11.1 Å². The maximum Gasteiger partial charge on any atom is 0.173 e. The molecule has 0 saturated heterocycles. The van der Waals surface area contributed by atoms with Gasteiger partial charge in [0, 0.05) is 10.3 Å². The molecule has 1 aliphatic heterocycles. The molecule has 0 amide bonds. The average molecular weight is 307 g/mol. The van der Waals surface area contributed by atoms with E-state index >= 15 is 0 Å². The van der Waals surface area contributed by atoms with Crippen LogP contribution in [0.2, 0.25) is 0 Å². The number of anilines is 1. The lowest BCUT2D eigenvalue weighted by Gasteiger charge is -2.11. The summed E-state index contributed by atoms with van der Waals surface area (Å²) in [4.78, 5) is 11.1. The van der Waals surface area contributed by atoms with Crippen molar-refractivity contribution in [3.8, 4) is 0 Å². The van der Waals surface area contributed by atoms with Gasteiger partial charge in [0.2, 0.25) is 0 Å². The van der Waals surface area contributed by atoms with Crippen molar-refractivity contribution in [1.82, 2.24) is 9.97 Å². The van der Waals surface area contributed by atoms with E-state index in [1.54, 1.807) is 23.7 Å². The topological polar surface area (TPSA) is 72.0 Å². The van der Waals surface area contributed by atoms with E-state index in [4.69, 9.17) is 0 Å². The van der Waals surface area contributed by atoms with Gasteiger partial charge in [-0.15, -0.1) is 11.3 Å². The predicted octanol–water partition coefficient (Wildman–Crippen LogP) is 1.90. The van der Waals surface area contributed by atoms with Crippen molar-refractivity contribution in [3.05, 3.63) is 28.3 Å². The number of nitrogens with one attached hydrogen (secondary N) is 1. The quantitative estimate of drug-likeness (QED) is 0.917. The molecule has 20 heavy (non-hydrogen) atoms. The summed E-state index contributed by atoms with van der Waals surface area (Å²) in [5.41, 5.74) is 1.35. The van der Waals surface area contributed by atoms with Crippen LogP contribution in [0.3, 0.4) is 0 Å². The summed E-state index contributed by atoms with van der Waals surface area (Å²) >= 11 is 1.73. The molecule has 5 nitrogen and oxygen atoms in total. The standard InChI is InChI=1S/C13H13N3O2S2/c17-20(18)5-4-8(6-20)16-12-11-9-2-1-3-10(9)19-13(11)15-7-14-12/h4-5,7-8H,1-3,6H2,(H,14,15,16)/t8-/m0/s1. The highest BCUT2D eigenvalue weighted by molar-refractivity contribution is 7.94. The SMILES string of the molecule is O=S1(=O)C=C[C@H](Nc2ncnc3sc4c(c23)CCC4)C1. The maximum atomic E-state index is 11.5. The van der Waals surface area contributed by atoms with Crippen LogP contribution >= 0.6 is 11.3 Å². The Labute approximate surface area is 120 Å². The third-order valence-corrected chi connectivity index (χ3v) is 6.35. The van der Waals surface area contributed by atoms with Crippen molar-refractivity contribution >= 4 is 37.2 Å². The van der Waals surface area contributed by atoms with E-state index in [9.17, 15) is 8.42 Å². The largest absolute Gasteiger partial charge is 0.362 e. The first kappa shape index (κ1) is 12.3. The summed E-state index contributed by atoms with van der Waals surface area (Å²) in [6, 6.07) is -0.199. The van der Waals surface area contributed by atoms with Crippen LogP contribution in [0.15, 0.2) is 17.8 Å². The van der Waals surface area contributed by atoms with E-state index in [2.05, 4.69) is 15.3 Å². The van der Waals surface area contributed by atoms with Gasteiger partial charge in [-0.3, -0.25) is 0 Å². The van der Waals surface area contributed by atoms with Crippen molar-refractivity contribution < 1.29 is 8.42 Å². The number of aryl methyl sites for hydroxylation is 2. The molecule has 0 unspecified atom stereocenters. The third-order valence-electron chi connectivity index (χ3n) is 3.75. The van der Waals surface area contributed by atoms with Crippen LogP contribution in [0.4, 0.5) is 5.82 Å². The number of rotatable bonds is 2. The van der Waals surface area contributed by atoms with Gasteiger partial charge in [0.05, 0.1) is 17.2 Å². The second-order valence-electron chi connectivity index (χ2n) is 5.17. The second-order valence-corrected chi connectivity index (χ2v) is 8.18. The Kier molecular flexibility index (Phi) is 2.62. The highest BCUT2D eigenvalue weighted by Gasteiger charge is 2.25. The molecule has 0 bridgehead atoms. The molecule has 7 heteroatoms. The molecule has 104 valence electrons. The molecule has 2 aliphatic rings. The number of nitrogens with zero attached hydrogens (tertiary/aromatic N) is 2. The number of fused-ring (bicyclic) bond motifs is 3. The first-order valence-electron chi connectivity index (χ1n) is 6.55. The Bertz CT molecular complexity index is 823. The zero-order chi connectivity index (χ0) is 13.7. The first-order valence-corrected chi connectivity index (χ1v) is 9.08. The molecule has 0 aromatic carbocycles. The highest BCUT2D eigenvalue weighted by atomic mass is 32.2. The van der Waals surface area contributed by atoms with Gasteiger partial charge in [-0.2, -0.15) is 0 Å². The second kappa shape index (κ2) is 4.26. The zero-order valence-electron chi connectivity index (χ0n) is 10.7. The Hall–Kier alpha value is -1.47. The minimum absolute atomic E-state index is 0.102. The van der Waals surface area contributed by atoms with Crippen molar-refractivity contribution in [2.45, 2.75) is 25.3 Å². The molecule has 0 fully saturated rings.